The van der Waals surface area contributed by atoms with Gasteiger partial charge in [-0.15, -0.1) is 0 Å². The molecule has 0 aromatic heterocycles. The molecule has 0 aromatic carbocycles. The summed E-state index contributed by atoms with van der Waals surface area (Å²) in [6.07, 6.45) is 3.08. The predicted octanol–water partition coefficient (Wildman–Crippen LogP) is 0.490. The number of nitrogens with two attached hydrogens (primary N) is 1. The molecule has 1 fully saturated rings. The standard InChI is InChI=1S/C13H25N3O2/c1-13(2,6-7-14)5-4-12(18)16-9-3-8-15-11(17)10-16/h3-10,14H2,1-2H3,(H,15,17). The zero-order valence-electron chi connectivity index (χ0n) is 11.5. The lowest BCUT2D eigenvalue weighted by atomic mass is 9.84. The molecule has 5 heteroatoms. The third-order valence-corrected chi connectivity index (χ3v) is 3.45. The fraction of sp³-hybridized carbons (Fsp3) is 0.846. The summed E-state index contributed by atoms with van der Waals surface area (Å²) in [6.45, 7) is 6.45. The van der Waals surface area contributed by atoms with E-state index in [4.69, 9.17) is 5.73 Å². The highest BCUT2D eigenvalue weighted by Gasteiger charge is 2.23. The lowest BCUT2D eigenvalue weighted by Crippen LogP contribution is -2.37. The van der Waals surface area contributed by atoms with Gasteiger partial charge in [0.2, 0.25) is 11.8 Å². The van der Waals surface area contributed by atoms with Crippen molar-refractivity contribution in [3.05, 3.63) is 0 Å². The van der Waals surface area contributed by atoms with Crippen LogP contribution in [-0.4, -0.2) is 42.9 Å². The maximum atomic E-state index is 12.1. The number of nitrogens with one attached hydrogen (secondary N) is 1. The summed E-state index contributed by atoms with van der Waals surface area (Å²) in [5.74, 6) is 0.0271. The Morgan fingerprint density at radius 2 is 2.17 bits per heavy atom. The fourth-order valence-electron chi connectivity index (χ4n) is 2.14. The van der Waals surface area contributed by atoms with Gasteiger partial charge in [0.15, 0.2) is 0 Å². The van der Waals surface area contributed by atoms with Crippen LogP contribution in [0.5, 0.6) is 0 Å². The molecule has 0 unspecified atom stereocenters. The highest BCUT2D eigenvalue weighted by Crippen LogP contribution is 2.26. The van der Waals surface area contributed by atoms with Crippen molar-refractivity contribution in [2.75, 3.05) is 26.2 Å². The molecule has 1 rings (SSSR count). The summed E-state index contributed by atoms with van der Waals surface area (Å²) in [6, 6.07) is 0. The van der Waals surface area contributed by atoms with Crippen LogP contribution >= 0.6 is 0 Å². The highest BCUT2D eigenvalue weighted by molar-refractivity contribution is 5.85. The van der Waals surface area contributed by atoms with E-state index in [0.717, 1.165) is 19.3 Å². The number of amides is 2. The van der Waals surface area contributed by atoms with Crippen molar-refractivity contribution in [3.63, 3.8) is 0 Å². The predicted molar refractivity (Wildman–Crippen MR) is 70.9 cm³/mol. The smallest absolute Gasteiger partial charge is 0.239 e. The van der Waals surface area contributed by atoms with Gasteiger partial charge in [-0.1, -0.05) is 13.8 Å². The van der Waals surface area contributed by atoms with Crippen molar-refractivity contribution in [1.29, 1.82) is 0 Å². The molecule has 0 bridgehead atoms. The lowest BCUT2D eigenvalue weighted by Gasteiger charge is -2.25. The van der Waals surface area contributed by atoms with Gasteiger partial charge in [0.25, 0.3) is 0 Å². The number of carbonyl (C=O) groups is 2. The number of hydrogen-bond donors (Lipinski definition) is 2. The molecule has 1 aliphatic heterocycles. The van der Waals surface area contributed by atoms with E-state index in [1.54, 1.807) is 4.90 Å². The first-order valence-electron chi connectivity index (χ1n) is 6.69. The lowest BCUT2D eigenvalue weighted by molar-refractivity contribution is -0.135. The fourth-order valence-corrected chi connectivity index (χ4v) is 2.14. The van der Waals surface area contributed by atoms with Crippen LogP contribution in [0.2, 0.25) is 0 Å². The van der Waals surface area contributed by atoms with E-state index < -0.39 is 0 Å². The van der Waals surface area contributed by atoms with Gasteiger partial charge in [-0.2, -0.15) is 0 Å². The van der Waals surface area contributed by atoms with Crippen LogP contribution in [0.4, 0.5) is 0 Å². The van der Waals surface area contributed by atoms with Crippen LogP contribution in [0.3, 0.4) is 0 Å². The van der Waals surface area contributed by atoms with Crippen LogP contribution in [0.25, 0.3) is 0 Å². The molecule has 5 nitrogen and oxygen atoms in total. The zero-order chi connectivity index (χ0) is 13.6. The average molecular weight is 255 g/mol. The minimum atomic E-state index is -0.0536. The molecule has 2 amide bonds. The third kappa shape index (κ3) is 5.04. The topological polar surface area (TPSA) is 75.4 Å². The molecule has 1 saturated heterocycles. The highest BCUT2D eigenvalue weighted by atomic mass is 16.2. The second-order valence-electron chi connectivity index (χ2n) is 5.72. The molecule has 1 aliphatic rings. The van der Waals surface area contributed by atoms with Gasteiger partial charge in [0, 0.05) is 19.5 Å². The molecular formula is C13H25N3O2. The molecule has 0 radical (unpaired) electrons. The Kier molecular flexibility index (Phi) is 5.59. The minimum absolute atomic E-state index is 0.0536. The molecule has 0 atom stereocenters. The Labute approximate surface area is 109 Å². The Bertz CT molecular complexity index is 303. The number of nitrogens with zero attached hydrogens (tertiary/aromatic N) is 1. The van der Waals surface area contributed by atoms with Gasteiger partial charge in [-0.3, -0.25) is 9.59 Å². The number of carbonyl (C=O) groups excluding carboxylic acids is 2. The molecule has 0 aromatic rings. The van der Waals surface area contributed by atoms with E-state index in [-0.39, 0.29) is 23.8 Å². The van der Waals surface area contributed by atoms with Crippen molar-refractivity contribution in [3.8, 4) is 0 Å². The summed E-state index contributed by atoms with van der Waals surface area (Å²) in [4.78, 5) is 25.1. The molecule has 3 N–H and O–H groups in total. The second-order valence-corrected chi connectivity index (χ2v) is 5.72. The summed E-state index contributed by atoms with van der Waals surface area (Å²) in [7, 11) is 0. The molecule has 0 saturated carbocycles. The molecule has 1 heterocycles. The summed E-state index contributed by atoms with van der Waals surface area (Å²) >= 11 is 0. The van der Waals surface area contributed by atoms with Crippen molar-refractivity contribution < 1.29 is 9.59 Å². The van der Waals surface area contributed by atoms with Gasteiger partial charge in [0.05, 0.1) is 6.54 Å². The second kappa shape index (κ2) is 6.73. The molecule has 0 aliphatic carbocycles. The third-order valence-electron chi connectivity index (χ3n) is 3.45. The van der Waals surface area contributed by atoms with E-state index in [1.165, 1.54) is 0 Å². The summed E-state index contributed by atoms with van der Waals surface area (Å²) in [5, 5.41) is 2.77. The van der Waals surface area contributed by atoms with Crippen LogP contribution in [-0.2, 0) is 9.59 Å². The Balaban J connectivity index is 2.42. The Morgan fingerprint density at radius 3 is 2.83 bits per heavy atom. The average Bonchev–Trinajstić information content (AvgIpc) is 2.51. The number of hydrogen-bond acceptors (Lipinski definition) is 3. The largest absolute Gasteiger partial charge is 0.354 e. The first-order valence-corrected chi connectivity index (χ1v) is 6.69. The van der Waals surface area contributed by atoms with Gasteiger partial charge in [0.1, 0.15) is 0 Å². The van der Waals surface area contributed by atoms with Crippen molar-refractivity contribution >= 4 is 11.8 Å². The molecule has 18 heavy (non-hydrogen) atoms. The summed E-state index contributed by atoms with van der Waals surface area (Å²) in [5.41, 5.74) is 5.65. The van der Waals surface area contributed by atoms with Crippen molar-refractivity contribution in [2.45, 2.75) is 39.5 Å². The van der Waals surface area contributed by atoms with E-state index in [0.29, 0.717) is 26.1 Å². The van der Waals surface area contributed by atoms with E-state index in [9.17, 15) is 9.59 Å². The van der Waals surface area contributed by atoms with E-state index >= 15 is 0 Å². The monoisotopic (exact) mass is 255 g/mol. The molecule has 0 spiro atoms. The maximum absolute atomic E-state index is 12.1. The van der Waals surface area contributed by atoms with Crippen LogP contribution in [0, 0.1) is 5.41 Å². The molecular weight excluding hydrogens is 230 g/mol. The van der Waals surface area contributed by atoms with Gasteiger partial charge in [-0.25, -0.2) is 0 Å². The maximum Gasteiger partial charge on any atom is 0.239 e. The van der Waals surface area contributed by atoms with Crippen molar-refractivity contribution in [2.24, 2.45) is 11.1 Å². The van der Waals surface area contributed by atoms with Gasteiger partial charge < -0.3 is 16.0 Å². The Hall–Kier alpha value is -1.10. The quantitative estimate of drug-likeness (QED) is 0.750. The van der Waals surface area contributed by atoms with Gasteiger partial charge in [-0.05, 0) is 31.2 Å². The molecule has 104 valence electrons. The van der Waals surface area contributed by atoms with Crippen LogP contribution < -0.4 is 11.1 Å². The van der Waals surface area contributed by atoms with Crippen LogP contribution in [0.1, 0.15) is 39.5 Å². The minimum Gasteiger partial charge on any atom is -0.354 e. The first-order chi connectivity index (χ1) is 8.44. The summed E-state index contributed by atoms with van der Waals surface area (Å²) < 4.78 is 0. The van der Waals surface area contributed by atoms with E-state index in [2.05, 4.69) is 19.2 Å². The SMILES string of the molecule is CC(C)(CCN)CCC(=O)N1CCCNC(=O)C1. The normalized spacial score (nSPS) is 17.3. The van der Waals surface area contributed by atoms with E-state index in [1.807, 2.05) is 0 Å². The van der Waals surface area contributed by atoms with Gasteiger partial charge >= 0.3 is 0 Å². The van der Waals surface area contributed by atoms with Crippen molar-refractivity contribution in [1.82, 2.24) is 10.2 Å². The Morgan fingerprint density at radius 1 is 1.44 bits per heavy atom. The van der Waals surface area contributed by atoms with Crippen LogP contribution in [0.15, 0.2) is 0 Å². The number of rotatable bonds is 5. The zero-order valence-corrected chi connectivity index (χ0v) is 11.5. The first kappa shape index (κ1) is 15.0.